The molecular formula is C8H12BrNS. The summed E-state index contributed by atoms with van der Waals surface area (Å²) in [7, 11) is 0. The molecule has 0 unspecified atom stereocenters. The van der Waals surface area contributed by atoms with Crippen LogP contribution in [-0.4, -0.2) is 10.3 Å². The molecule has 0 saturated carbocycles. The molecule has 62 valence electrons. The van der Waals surface area contributed by atoms with Crippen LogP contribution in [0.5, 0.6) is 0 Å². The molecule has 0 amide bonds. The molecule has 0 aromatic carbocycles. The van der Waals surface area contributed by atoms with Gasteiger partial charge in [0, 0.05) is 17.1 Å². The predicted octanol–water partition coefficient (Wildman–Crippen LogP) is 3.03. The number of hydrogen-bond donors (Lipinski definition) is 0. The van der Waals surface area contributed by atoms with Crippen LogP contribution in [0.15, 0.2) is 5.38 Å². The Morgan fingerprint density at radius 2 is 2.36 bits per heavy atom. The Labute approximate surface area is 80.0 Å². The lowest BCUT2D eigenvalue weighted by Gasteiger charge is -1.88. The second-order valence-corrected chi connectivity index (χ2v) is 4.16. The summed E-state index contributed by atoms with van der Waals surface area (Å²) in [5, 5.41) is 4.46. The maximum atomic E-state index is 4.48. The van der Waals surface area contributed by atoms with Crippen LogP contribution in [-0.2, 0) is 12.8 Å². The van der Waals surface area contributed by atoms with Crippen LogP contribution in [0.4, 0.5) is 0 Å². The van der Waals surface area contributed by atoms with Crippen molar-refractivity contribution < 1.29 is 0 Å². The van der Waals surface area contributed by atoms with E-state index in [0.717, 1.165) is 18.2 Å². The lowest BCUT2D eigenvalue weighted by molar-refractivity contribution is 0.895. The van der Waals surface area contributed by atoms with Gasteiger partial charge in [-0.05, 0) is 12.8 Å². The number of aromatic nitrogens is 1. The minimum atomic E-state index is 1.02. The van der Waals surface area contributed by atoms with Gasteiger partial charge >= 0.3 is 0 Å². The normalized spacial score (nSPS) is 10.4. The van der Waals surface area contributed by atoms with E-state index >= 15 is 0 Å². The molecule has 1 rings (SSSR count). The summed E-state index contributed by atoms with van der Waals surface area (Å²) in [4.78, 5) is 4.48. The van der Waals surface area contributed by atoms with E-state index in [9.17, 15) is 0 Å². The molecule has 0 N–H and O–H groups in total. The topological polar surface area (TPSA) is 12.9 Å². The van der Waals surface area contributed by atoms with Crippen LogP contribution >= 0.6 is 27.3 Å². The van der Waals surface area contributed by atoms with Crippen LogP contribution in [0.25, 0.3) is 0 Å². The molecule has 0 spiro atoms. The van der Waals surface area contributed by atoms with Crippen LogP contribution in [0.3, 0.4) is 0 Å². The Hall–Kier alpha value is 0.110. The molecular weight excluding hydrogens is 222 g/mol. The second-order valence-electron chi connectivity index (χ2n) is 2.42. The fourth-order valence-corrected chi connectivity index (χ4v) is 2.23. The molecule has 0 aliphatic rings. The van der Waals surface area contributed by atoms with Crippen molar-refractivity contribution in [2.24, 2.45) is 0 Å². The van der Waals surface area contributed by atoms with Crippen LogP contribution < -0.4 is 0 Å². The van der Waals surface area contributed by atoms with E-state index in [4.69, 9.17) is 0 Å². The van der Waals surface area contributed by atoms with Gasteiger partial charge in [-0.25, -0.2) is 4.98 Å². The van der Waals surface area contributed by atoms with E-state index in [1.807, 2.05) is 0 Å². The average molecular weight is 234 g/mol. The fourth-order valence-electron chi connectivity index (χ4n) is 0.889. The summed E-state index contributed by atoms with van der Waals surface area (Å²) in [5.74, 6) is 0. The summed E-state index contributed by atoms with van der Waals surface area (Å²) in [5.41, 5.74) is 1.23. The number of alkyl halides is 1. The van der Waals surface area contributed by atoms with E-state index in [-0.39, 0.29) is 0 Å². The smallest absolute Gasteiger partial charge is 0.0928 e. The minimum absolute atomic E-state index is 1.02. The van der Waals surface area contributed by atoms with Crippen molar-refractivity contribution in [3.05, 3.63) is 16.1 Å². The van der Waals surface area contributed by atoms with Crippen molar-refractivity contribution in [2.75, 3.05) is 5.33 Å². The van der Waals surface area contributed by atoms with Crippen molar-refractivity contribution in [1.82, 2.24) is 4.98 Å². The SMILES string of the molecule is CCCc1nc(CCBr)cs1. The molecule has 0 saturated heterocycles. The number of hydrogen-bond acceptors (Lipinski definition) is 2. The van der Waals surface area contributed by atoms with Crippen molar-refractivity contribution in [3.63, 3.8) is 0 Å². The third kappa shape index (κ3) is 2.91. The molecule has 1 aromatic rings. The zero-order valence-electron chi connectivity index (χ0n) is 6.64. The molecule has 0 aliphatic heterocycles. The van der Waals surface area contributed by atoms with E-state index in [0.29, 0.717) is 0 Å². The molecule has 1 heterocycles. The monoisotopic (exact) mass is 233 g/mol. The first kappa shape index (κ1) is 9.20. The van der Waals surface area contributed by atoms with Gasteiger partial charge in [0.25, 0.3) is 0 Å². The van der Waals surface area contributed by atoms with Gasteiger partial charge in [0.1, 0.15) is 0 Å². The lowest BCUT2D eigenvalue weighted by Crippen LogP contribution is -1.87. The van der Waals surface area contributed by atoms with E-state index < -0.39 is 0 Å². The molecule has 0 bridgehead atoms. The largest absolute Gasteiger partial charge is 0.246 e. The van der Waals surface area contributed by atoms with Crippen molar-refractivity contribution >= 4 is 27.3 Å². The Balaban J connectivity index is 2.51. The van der Waals surface area contributed by atoms with Gasteiger partial charge < -0.3 is 0 Å². The first-order valence-electron chi connectivity index (χ1n) is 3.86. The van der Waals surface area contributed by atoms with Gasteiger partial charge in [-0.1, -0.05) is 22.9 Å². The molecule has 11 heavy (non-hydrogen) atoms. The summed E-state index contributed by atoms with van der Waals surface area (Å²) >= 11 is 5.18. The van der Waals surface area contributed by atoms with Crippen LogP contribution in [0, 0.1) is 0 Å². The highest BCUT2D eigenvalue weighted by atomic mass is 79.9. The second kappa shape index (κ2) is 4.88. The van der Waals surface area contributed by atoms with Crippen LogP contribution in [0.1, 0.15) is 24.0 Å². The summed E-state index contributed by atoms with van der Waals surface area (Å²) in [6, 6.07) is 0. The standard InChI is InChI=1S/C8H12BrNS/c1-2-3-8-10-7(4-5-9)6-11-8/h6H,2-5H2,1H3. The van der Waals surface area contributed by atoms with Gasteiger partial charge in [-0.3, -0.25) is 0 Å². The van der Waals surface area contributed by atoms with Gasteiger partial charge in [0.15, 0.2) is 0 Å². The minimum Gasteiger partial charge on any atom is -0.246 e. The maximum Gasteiger partial charge on any atom is 0.0928 e. The number of aryl methyl sites for hydroxylation is 2. The zero-order chi connectivity index (χ0) is 8.10. The quantitative estimate of drug-likeness (QED) is 0.729. The average Bonchev–Trinajstić information content (AvgIpc) is 2.38. The molecule has 0 fully saturated rings. The van der Waals surface area contributed by atoms with Crippen LogP contribution in [0.2, 0.25) is 0 Å². The van der Waals surface area contributed by atoms with Gasteiger partial charge in [0.05, 0.1) is 10.7 Å². The summed E-state index contributed by atoms with van der Waals surface area (Å²) < 4.78 is 0. The maximum absolute atomic E-state index is 4.48. The number of thiazole rings is 1. The highest BCUT2D eigenvalue weighted by Gasteiger charge is 1.99. The Morgan fingerprint density at radius 1 is 1.55 bits per heavy atom. The molecule has 1 aromatic heterocycles. The molecule has 1 nitrogen and oxygen atoms in total. The highest BCUT2D eigenvalue weighted by Crippen LogP contribution is 2.12. The van der Waals surface area contributed by atoms with E-state index in [2.05, 4.69) is 33.2 Å². The lowest BCUT2D eigenvalue weighted by atomic mass is 10.3. The third-order valence-corrected chi connectivity index (χ3v) is 2.77. The number of rotatable bonds is 4. The fraction of sp³-hybridized carbons (Fsp3) is 0.625. The zero-order valence-corrected chi connectivity index (χ0v) is 9.04. The van der Waals surface area contributed by atoms with Gasteiger partial charge in [0.2, 0.25) is 0 Å². The van der Waals surface area contributed by atoms with Gasteiger partial charge in [-0.15, -0.1) is 11.3 Å². The summed E-state index contributed by atoms with van der Waals surface area (Å²) in [6.45, 7) is 2.19. The van der Waals surface area contributed by atoms with Crippen molar-refractivity contribution in [3.8, 4) is 0 Å². The Bertz CT molecular complexity index is 189. The first-order chi connectivity index (χ1) is 5.36. The Morgan fingerprint density at radius 3 is 3.00 bits per heavy atom. The number of nitrogens with zero attached hydrogens (tertiary/aromatic N) is 1. The first-order valence-corrected chi connectivity index (χ1v) is 5.86. The molecule has 3 heteroatoms. The van der Waals surface area contributed by atoms with Gasteiger partial charge in [-0.2, -0.15) is 0 Å². The van der Waals surface area contributed by atoms with E-state index in [1.54, 1.807) is 11.3 Å². The predicted molar refractivity (Wildman–Crippen MR) is 53.6 cm³/mol. The van der Waals surface area contributed by atoms with Crippen molar-refractivity contribution in [2.45, 2.75) is 26.2 Å². The number of halogens is 1. The molecule has 0 atom stereocenters. The summed E-state index contributed by atoms with van der Waals surface area (Å²) in [6.07, 6.45) is 3.38. The van der Waals surface area contributed by atoms with Crippen molar-refractivity contribution in [1.29, 1.82) is 0 Å². The van der Waals surface area contributed by atoms with E-state index in [1.165, 1.54) is 17.1 Å². The highest BCUT2D eigenvalue weighted by molar-refractivity contribution is 9.09. The molecule has 0 radical (unpaired) electrons. The third-order valence-electron chi connectivity index (χ3n) is 1.41. The Kier molecular flexibility index (Phi) is 4.08. The molecule has 0 aliphatic carbocycles.